The van der Waals surface area contributed by atoms with Crippen molar-refractivity contribution in [2.45, 2.75) is 26.1 Å². The van der Waals surface area contributed by atoms with E-state index in [-0.39, 0.29) is 18.0 Å². The molecule has 1 fully saturated rings. The fourth-order valence-electron chi connectivity index (χ4n) is 2.20. The van der Waals surface area contributed by atoms with E-state index >= 15 is 0 Å². The molecule has 4 heteroatoms. The fraction of sp³-hybridized carbons (Fsp3) is 0.462. The number of morpholine rings is 1. The van der Waals surface area contributed by atoms with Crippen molar-refractivity contribution >= 4 is 11.4 Å². The lowest BCUT2D eigenvalue weighted by atomic mass is 10.2. The second-order valence-electron chi connectivity index (χ2n) is 4.41. The molecule has 1 saturated heterocycles. The van der Waals surface area contributed by atoms with Crippen LogP contribution in [-0.4, -0.2) is 25.3 Å². The molecule has 1 aliphatic rings. The van der Waals surface area contributed by atoms with Crippen LogP contribution in [0.4, 0.5) is 15.8 Å². The van der Waals surface area contributed by atoms with Gasteiger partial charge in [0.15, 0.2) is 5.69 Å². The van der Waals surface area contributed by atoms with Crippen LogP contribution >= 0.6 is 0 Å². The Morgan fingerprint density at radius 1 is 1.35 bits per heavy atom. The number of anilines is 1. The van der Waals surface area contributed by atoms with Crippen molar-refractivity contribution in [3.63, 3.8) is 0 Å². The first-order valence-corrected chi connectivity index (χ1v) is 5.67. The molecule has 0 N–H and O–H groups in total. The van der Waals surface area contributed by atoms with E-state index in [1.807, 2.05) is 18.7 Å². The summed E-state index contributed by atoms with van der Waals surface area (Å²) in [5.74, 6) is -0.334. The number of nitrogens with zero attached hydrogens (tertiary/aromatic N) is 2. The quantitative estimate of drug-likeness (QED) is 0.695. The largest absolute Gasteiger partial charge is 0.372 e. The molecule has 1 aromatic rings. The molecule has 3 nitrogen and oxygen atoms in total. The number of hydrogen-bond acceptors (Lipinski definition) is 2. The highest BCUT2D eigenvalue weighted by atomic mass is 19.1. The minimum atomic E-state index is -0.334. The van der Waals surface area contributed by atoms with Gasteiger partial charge in [-0.15, -0.1) is 0 Å². The maximum atomic E-state index is 13.8. The summed E-state index contributed by atoms with van der Waals surface area (Å²) >= 11 is 0. The van der Waals surface area contributed by atoms with Crippen molar-refractivity contribution in [1.29, 1.82) is 0 Å². The molecule has 2 unspecified atom stereocenters. The summed E-state index contributed by atoms with van der Waals surface area (Å²) in [6, 6.07) is 4.61. The summed E-state index contributed by atoms with van der Waals surface area (Å²) in [5.41, 5.74) is 0.889. The normalized spacial score (nSPS) is 24.5. The third-order valence-electron chi connectivity index (χ3n) is 2.82. The minimum absolute atomic E-state index is 0.0960. The molecule has 2 rings (SSSR count). The van der Waals surface area contributed by atoms with Crippen molar-refractivity contribution in [2.24, 2.45) is 0 Å². The van der Waals surface area contributed by atoms with Gasteiger partial charge in [0.05, 0.1) is 24.5 Å². The van der Waals surface area contributed by atoms with Crippen molar-refractivity contribution in [2.75, 3.05) is 18.0 Å². The monoisotopic (exact) mass is 234 g/mol. The van der Waals surface area contributed by atoms with Crippen LogP contribution in [0.2, 0.25) is 0 Å². The Bertz CT molecular complexity index is 445. The zero-order valence-electron chi connectivity index (χ0n) is 9.98. The average Bonchev–Trinajstić information content (AvgIpc) is 2.27. The van der Waals surface area contributed by atoms with Crippen LogP contribution in [0.15, 0.2) is 18.2 Å². The molecule has 1 heterocycles. The highest BCUT2D eigenvalue weighted by Gasteiger charge is 2.24. The second kappa shape index (κ2) is 4.72. The van der Waals surface area contributed by atoms with E-state index < -0.39 is 0 Å². The summed E-state index contributed by atoms with van der Waals surface area (Å²) in [7, 11) is 0. The van der Waals surface area contributed by atoms with E-state index in [1.54, 1.807) is 12.1 Å². The first-order valence-electron chi connectivity index (χ1n) is 5.67. The van der Waals surface area contributed by atoms with Crippen molar-refractivity contribution in [1.82, 2.24) is 0 Å². The van der Waals surface area contributed by atoms with E-state index in [2.05, 4.69) is 4.85 Å². The molecule has 0 bridgehead atoms. The molecular weight excluding hydrogens is 219 g/mol. The van der Waals surface area contributed by atoms with Gasteiger partial charge in [-0.2, -0.15) is 0 Å². The Morgan fingerprint density at radius 3 is 2.53 bits per heavy atom. The Morgan fingerprint density at radius 2 is 2.00 bits per heavy atom. The van der Waals surface area contributed by atoms with Gasteiger partial charge in [0, 0.05) is 13.1 Å². The van der Waals surface area contributed by atoms with Gasteiger partial charge < -0.3 is 9.64 Å². The topological polar surface area (TPSA) is 16.8 Å². The van der Waals surface area contributed by atoms with Crippen LogP contribution < -0.4 is 4.90 Å². The molecule has 0 saturated carbocycles. The Kier molecular flexibility index (Phi) is 3.30. The molecule has 0 spiro atoms. The van der Waals surface area contributed by atoms with Gasteiger partial charge in [0.25, 0.3) is 0 Å². The van der Waals surface area contributed by atoms with Crippen molar-refractivity contribution in [3.05, 3.63) is 35.4 Å². The molecule has 1 aromatic carbocycles. The predicted octanol–water partition coefficient (Wildman–Crippen LogP) is 2.99. The van der Waals surface area contributed by atoms with Gasteiger partial charge in [0.2, 0.25) is 0 Å². The van der Waals surface area contributed by atoms with E-state index in [0.717, 1.165) is 0 Å². The molecule has 2 atom stereocenters. The predicted molar refractivity (Wildman–Crippen MR) is 64.9 cm³/mol. The van der Waals surface area contributed by atoms with Crippen molar-refractivity contribution < 1.29 is 9.13 Å². The highest BCUT2D eigenvalue weighted by Crippen LogP contribution is 2.26. The van der Waals surface area contributed by atoms with E-state index in [9.17, 15) is 4.39 Å². The zero-order valence-corrected chi connectivity index (χ0v) is 9.98. The summed E-state index contributed by atoms with van der Waals surface area (Å²) in [6.07, 6.45) is 0.192. The highest BCUT2D eigenvalue weighted by molar-refractivity contribution is 5.57. The summed E-state index contributed by atoms with van der Waals surface area (Å²) in [4.78, 5) is 5.19. The Labute approximate surface area is 101 Å². The third-order valence-corrected chi connectivity index (χ3v) is 2.82. The van der Waals surface area contributed by atoms with Gasteiger partial charge in [-0.3, -0.25) is 0 Å². The van der Waals surface area contributed by atoms with Gasteiger partial charge >= 0.3 is 0 Å². The van der Waals surface area contributed by atoms with Crippen molar-refractivity contribution in [3.8, 4) is 0 Å². The molecule has 0 aliphatic carbocycles. The second-order valence-corrected chi connectivity index (χ2v) is 4.41. The number of rotatable bonds is 1. The van der Waals surface area contributed by atoms with Gasteiger partial charge in [-0.1, -0.05) is 6.07 Å². The van der Waals surface area contributed by atoms with Gasteiger partial charge in [-0.25, -0.2) is 9.24 Å². The lowest BCUT2D eigenvalue weighted by Crippen LogP contribution is -2.45. The molecular formula is C13H15FN2O. The van der Waals surface area contributed by atoms with Crippen LogP contribution in [-0.2, 0) is 4.74 Å². The summed E-state index contributed by atoms with van der Waals surface area (Å²) in [5, 5.41) is 0. The first-order chi connectivity index (χ1) is 8.10. The molecule has 0 aromatic heterocycles. The number of ether oxygens (including phenoxy) is 1. The molecule has 0 radical (unpaired) electrons. The Hall–Kier alpha value is -1.60. The maximum absolute atomic E-state index is 13.8. The molecule has 0 amide bonds. The van der Waals surface area contributed by atoms with E-state index in [0.29, 0.717) is 24.5 Å². The molecule has 90 valence electrons. The maximum Gasteiger partial charge on any atom is 0.190 e. The lowest BCUT2D eigenvalue weighted by Gasteiger charge is -2.37. The van der Waals surface area contributed by atoms with E-state index in [1.165, 1.54) is 6.07 Å². The Balaban J connectivity index is 2.25. The number of benzene rings is 1. The zero-order chi connectivity index (χ0) is 12.4. The SMILES string of the molecule is [C-]#[N+]c1ccc(N2CC(C)OC(C)C2)c(F)c1. The minimum Gasteiger partial charge on any atom is -0.372 e. The summed E-state index contributed by atoms with van der Waals surface area (Å²) in [6.45, 7) is 12.2. The molecule has 1 aliphatic heterocycles. The van der Waals surface area contributed by atoms with Crippen LogP contribution in [0.5, 0.6) is 0 Å². The van der Waals surface area contributed by atoms with Gasteiger partial charge in [0.1, 0.15) is 5.82 Å². The number of halogens is 1. The van der Waals surface area contributed by atoms with Gasteiger partial charge in [-0.05, 0) is 26.0 Å². The van der Waals surface area contributed by atoms with E-state index in [4.69, 9.17) is 11.3 Å². The fourth-order valence-corrected chi connectivity index (χ4v) is 2.20. The number of hydrogen-bond donors (Lipinski definition) is 0. The third kappa shape index (κ3) is 2.56. The lowest BCUT2D eigenvalue weighted by molar-refractivity contribution is -0.00539. The van der Waals surface area contributed by atoms with Crippen LogP contribution in [0, 0.1) is 12.4 Å². The smallest absolute Gasteiger partial charge is 0.190 e. The average molecular weight is 234 g/mol. The molecule has 17 heavy (non-hydrogen) atoms. The summed E-state index contributed by atoms with van der Waals surface area (Å²) < 4.78 is 19.5. The first kappa shape index (κ1) is 11.9. The standard InChI is InChI=1S/C13H15FN2O/c1-9-7-16(8-10(2)17-9)13-5-4-11(15-3)6-12(13)14/h4-6,9-10H,7-8H2,1-2H3. The van der Waals surface area contributed by atoms with Crippen LogP contribution in [0.1, 0.15) is 13.8 Å². The van der Waals surface area contributed by atoms with Crippen LogP contribution in [0.3, 0.4) is 0 Å². The van der Waals surface area contributed by atoms with Crippen LogP contribution in [0.25, 0.3) is 4.85 Å².